The Labute approximate surface area is 120 Å². The van der Waals surface area contributed by atoms with Crippen LogP contribution in [0.3, 0.4) is 0 Å². The monoisotopic (exact) mass is 298 g/mol. The summed E-state index contributed by atoms with van der Waals surface area (Å²) in [5.41, 5.74) is 1.90. The van der Waals surface area contributed by atoms with Gasteiger partial charge in [-0.05, 0) is 37.1 Å². The molecule has 0 spiro atoms. The third-order valence-electron chi connectivity index (χ3n) is 3.28. The Hall–Kier alpha value is -0.950. The number of sulfonamides is 1. The van der Waals surface area contributed by atoms with Crippen LogP contribution in [0.1, 0.15) is 11.1 Å². The summed E-state index contributed by atoms with van der Waals surface area (Å²) in [6, 6.07) is 5.34. The van der Waals surface area contributed by atoms with Crippen molar-refractivity contribution in [1.29, 1.82) is 0 Å². The van der Waals surface area contributed by atoms with E-state index in [9.17, 15) is 8.42 Å². The molecule has 1 aliphatic rings. The zero-order chi connectivity index (χ0) is 14.6. The lowest BCUT2D eigenvalue weighted by Gasteiger charge is -2.15. The predicted octanol–water partition coefficient (Wildman–Crippen LogP) is 0.818. The number of hydrogen-bond acceptors (Lipinski definition) is 4. The summed E-state index contributed by atoms with van der Waals surface area (Å²) in [4.78, 5) is 0.331. The van der Waals surface area contributed by atoms with Gasteiger partial charge in [-0.3, -0.25) is 0 Å². The van der Waals surface area contributed by atoms with Gasteiger partial charge in [0.2, 0.25) is 10.0 Å². The predicted molar refractivity (Wildman–Crippen MR) is 78.3 cm³/mol. The van der Waals surface area contributed by atoms with Gasteiger partial charge in [0.05, 0.1) is 18.1 Å². The maximum absolute atomic E-state index is 12.3. The number of hydrogen-bond donors (Lipinski definition) is 2. The average molecular weight is 298 g/mol. The van der Waals surface area contributed by atoms with Gasteiger partial charge in [-0.2, -0.15) is 0 Å². The van der Waals surface area contributed by atoms with E-state index in [2.05, 4.69) is 10.0 Å². The average Bonchev–Trinajstić information content (AvgIpc) is 2.64. The van der Waals surface area contributed by atoms with Crippen LogP contribution in [0.5, 0.6) is 0 Å². The van der Waals surface area contributed by atoms with Crippen molar-refractivity contribution in [2.75, 3.05) is 32.8 Å². The van der Waals surface area contributed by atoms with Crippen molar-refractivity contribution in [1.82, 2.24) is 10.0 Å². The third kappa shape index (κ3) is 4.28. The lowest BCUT2D eigenvalue weighted by molar-refractivity contribution is 0.124. The Morgan fingerprint density at radius 1 is 1.30 bits per heavy atom. The molecule has 1 unspecified atom stereocenters. The number of nitrogens with one attached hydrogen (secondary N) is 2. The van der Waals surface area contributed by atoms with Crippen LogP contribution >= 0.6 is 0 Å². The first-order valence-corrected chi connectivity index (χ1v) is 8.32. The molecule has 0 amide bonds. The Morgan fingerprint density at radius 3 is 2.70 bits per heavy atom. The third-order valence-corrected chi connectivity index (χ3v) is 4.68. The highest BCUT2D eigenvalue weighted by Crippen LogP contribution is 2.14. The molecule has 1 aromatic carbocycles. The smallest absolute Gasteiger partial charge is 0.240 e. The Morgan fingerprint density at radius 2 is 2.00 bits per heavy atom. The van der Waals surface area contributed by atoms with Crippen LogP contribution in [-0.4, -0.2) is 41.3 Å². The quantitative estimate of drug-likeness (QED) is 0.863. The van der Waals surface area contributed by atoms with Gasteiger partial charge in [-0.25, -0.2) is 13.1 Å². The molecule has 0 aromatic heterocycles. The molecule has 0 saturated carbocycles. The maximum atomic E-state index is 12.3. The van der Waals surface area contributed by atoms with Gasteiger partial charge in [0.25, 0.3) is 0 Å². The molecule has 1 heterocycles. The second-order valence-corrected chi connectivity index (χ2v) is 7.09. The molecule has 112 valence electrons. The fourth-order valence-corrected chi connectivity index (χ4v) is 3.59. The van der Waals surface area contributed by atoms with Gasteiger partial charge in [-0.1, -0.05) is 6.07 Å². The minimum atomic E-state index is -3.45. The SMILES string of the molecule is Cc1cc(C)cc(S(=O)(=O)NCC2CNCCOC2)c1. The summed E-state index contributed by atoms with van der Waals surface area (Å²) < 4.78 is 32.7. The zero-order valence-electron chi connectivity index (χ0n) is 12.0. The van der Waals surface area contributed by atoms with Crippen molar-refractivity contribution in [3.8, 4) is 0 Å². The van der Waals surface area contributed by atoms with Gasteiger partial charge in [0, 0.05) is 25.6 Å². The van der Waals surface area contributed by atoms with Crippen LogP contribution in [0.2, 0.25) is 0 Å². The minimum Gasteiger partial charge on any atom is -0.380 e. The van der Waals surface area contributed by atoms with Gasteiger partial charge in [0.15, 0.2) is 0 Å². The molecule has 20 heavy (non-hydrogen) atoms. The molecular formula is C14H22N2O3S. The van der Waals surface area contributed by atoms with Crippen LogP contribution in [0.15, 0.2) is 23.1 Å². The summed E-state index contributed by atoms with van der Waals surface area (Å²) in [6.45, 7) is 7.05. The molecular weight excluding hydrogens is 276 g/mol. The molecule has 5 nitrogen and oxygen atoms in total. The van der Waals surface area contributed by atoms with Gasteiger partial charge >= 0.3 is 0 Å². The number of aryl methyl sites for hydroxylation is 2. The normalized spacial score (nSPS) is 20.6. The molecule has 1 fully saturated rings. The maximum Gasteiger partial charge on any atom is 0.240 e. The van der Waals surface area contributed by atoms with Gasteiger partial charge in [-0.15, -0.1) is 0 Å². The summed E-state index contributed by atoms with van der Waals surface area (Å²) >= 11 is 0. The van der Waals surface area contributed by atoms with Crippen LogP contribution in [-0.2, 0) is 14.8 Å². The highest BCUT2D eigenvalue weighted by Gasteiger charge is 2.18. The lowest BCUT2D eigenvalue weighted by atomic mass is 10.2. The number of rotatable bonds is 4. The van der Waals surface area contributed by atoms with E-state index >= 15 is 0 Å². The first-order chi connectivity index (χ1) is 9.47. The zero-order valence-corrected chi connectivity index (χ0v) is 12.8. The molecule has 2 rings (SSSR count). The van der Waals surface area contributed by atoms with Crippen molar-refractivity contribution in [2.45, 2.75) is 18.7 Å². The minimum absolute atomic E-state index is 0.165. The van der Waals surface area contributed by atoms with E-state index in [-0.39, 0.29) is 5.92 Å². The largest absolute Gasteiger partial charge is 0.380 e. The van der Waals surface area contributed by atoms with Crippen LogP contribution in [0.4, 0.5) is 0 Å². The summed E-state index contributed by atoms with van der Waals surface area (Å²) in [5.74, 6) is 0.165. The van der Waals surface area contributed by atoms with Crippen molar-refractivity contribution in [3.63, 3.8) is 0 Å². The lowest BCUT2D eigenvalue weighted by Crippen LogP contribution is -2.35. The summed E-state index contributed by atoms with van der Waals surface area (Å²) in [5, 5.41) is 3.23. The van der Waals surface area contributed by atoms with Gasteiger partial charge in [0.1, 0.15) is 0 Å². The first-order valence-electron chi connectivity index (χ1n) is 6.84. The summed E-state index contributed by atoms with van der Waals surface area (Å²) in [6.07, 6.45) is 0. The highest BCUT2D eigenvalue weighted by atomic mass is 32.2. The molecule has 1 saturated heterocycles. The van der Waals surface area contributed by atoms with E-state index in [4.69, 9.17) is 4.74 Å². The van der Waals surface area contributed by atoms with Crippen LogP contribution in [0, 0.1) is 19.8 Å². The molecule has 0 aliphatic carbocycles. The Bertz CT molecular complexity index is 529. The molecule has 2 N–H and O–H groups in total. The highest BCUT2D eigenvalue weighted by molar-refractivity contribution is 7.89. The van der Waals surface area contributed by atoms with E-state index in [1.165, 1.54) is 0 Å². The second-order valence-electron chi connectivity index (χ2n) is 5.32. The molecule has 1 aromatic rings. The summed E-state index contributed by atoms with van der Waals surface area (Å²) in [7, 11) is -3.45. The second kappa shape index (κ2) is 6.67. The number of ether oxygens (including phenoxy) is 1. The Kier molecular flexibility index (Phi) is 5.15. The van der Waals surface area contributed by atoms with E-state index in [0.29, 0.717) is 24.7 Å². The fourth-order valence-electron chi connectivity index (χ4n) is 2.29. The van der Waals surface area contributed by atoms with E-state index in [1.807, 2.05) is 19.9 Å². The molecule has 0 bridgehead atoms. The van der Waals surface area contributed by atoms with Gasteiger partial charge < -0.3 is 10.1 Å². The Balaban J connectivity index is 2.03. The van der Waals surface area contributed by atoms with Crippen molar-refractivity contribution in [3.05, 3.63) is 29.3 Å². The van der Waals surface area contributed by atoms with E-state index < -0.39 is 10.0 Å². The standard InChI is InChI=1S/C14H22N2O3S/c1-11-5-12(2)7-14(6-11)20(17,18)16-9-13-8-15-3-4-19-10-13/h5-7,13,15-16H,3-4,8-10H2,1-2H3. The number of benzene rings is 1. The first kappa shape index (κ1) is 15.4. The van der Waals surface area contributed by atoms with Crippen molar-refractivity contribution < 1.29 is 13.2 Å². The topological polar surface area (TPSA) is 67.4 Å². The van der Waals surface area contributed by atoms with Crippen molar-refractivity contribution >= 4 is 10.0 Å². The molecule has 1 atom stereocenters. The van der Waals surface area contributed by atoms with Crippen molar-refractivity contribution in [2.24, 2.45) is 5.92 Å². The van der Waals surface area contributed by atoms with E-state index in [0.717, 1.165) is 24.2 Å². The van der Waals surface area contributed by atoms with Crippen LogP contribution < -0.4 is 10.0 Å². The van der Waals surface area contributed by atoms with E-state index in [1.54, 1.807) is 12.1 Å². The van der Waals surface area contributed by atoms with Crippen LogP contribution in [0.25, 0.3) is 0 Å². The molecule has 1 aliphatic heterocycles. The molecule has 0 radical (unpaired) electrons. The fraction of sp³-hybridized carbons (Fsp3) is 0.571. The molecule has 6 heteroatoms.